The molecule has 28 heavy (non-hydrogen) atoms. The van der Waals surface area contributed by atoms with E-state index < -0.39 is 15.4 Å². The number of amides is 1. The van der Waals surface area contributed by atoms with Crippen molar-refractivity contribution in [2.24, 2.45) is 5.92 Å². The summed E-state index contributed by atoms with van der Waals surface area (Å²) in [4.78, 5) is 24.7. The van der Waals surface area contributed by atoms with Crippen molar-refractivity contribution >= 4 is 27.6 Å². The summed E-state index contributed by atoms with van der Waals surface area (Å²) in [7, 11) is -3.19. The molecule has 1 N–H and O–H groups in total. The predicted molar refractivity (Wildman–Crippen MR) is 106 cm³/mol. The van der Waals surface area contributed by atoms with Crippen LogP contribution < -0.4 is 5.32 Å². The molecule has 1 saturated carbocycles. The summed E-state index contributed by atoms with van der Waals surface area (Å²) < 4.78 is 30.5. The molecular weight excluding hydrogens is 380 g/mol. The number of sulfonamides is 1. The largest absolute Gasteiger partial charge is 0.465 e. The minimum absolute atomic E-state index is 0.0868. The Kier molecular flexibility index (Phi) is 6.09. The molecule has 1 aromatic rings. The Morgan fingerprint density at radius 3 is 2.25 bits per heavy atom. The first-order valence-electron chi connectivity index (χ1n) is 9.89. The SMILES string of the molecule is CCOC(=O)C1(c2ccc(NC(=O)C3CCN(S(=O)(=O)CC)CC3)cc2)CC1. The van der Waals surface area contributed by atoms with Gasteiger partial charge >= 0.3 is 5.97 Å². The number of rotatable bonds is 7. The van der Waals surface area contributed by atoms with E-state index in [9.17, 15) is 18.0 Å². The van der Waals surface area contributed by atoms with E-state index in [1.165, 1.54) is 4.31 Å². The molecule has 1 aliphatic carbocycles. The van der Waals surface area contributed by atoms with Gasteiger partial charge in [-0.15, -0.1) is 0 Å². The molecule has 0 unspecified atom stereocenters. The number of carbonyl (C=O) groups excluding carboxylic acids is 2. The molecule has 0 radical (unpaired) electrons. The topological polar surface area (TPSA) is 92.8 Å². The van der Waals surface area contributed by atoms with Crippen molar-refractivity contribution < 1.29 is 22.7 Å². The average molecular weight is 409 g/mol. The fourth-order valence-electron chi connectivity index (χ4n) is 3.70. The van der Waals surface area contributed by atoms with Crippen molar-refractivity contribution in [3.05, 3.63) is 29.8 Å². The first kappa shape index (κ1) is 20.8. The third kappa shape index (κ3) is 4.22. The van der Waals surface area contributed by atoms with Gasteiger partial charge in [0.1, 0.15) is 0 Å². The van der Waals surface area contributed by atoms with E-state index >= 15 is 0 Å². The Bertz CT molecular complexity index is 823. The minimum Gasteiger partial charge on any atom is -0.465 e. The molecule has 3 rings (SSSR count). The number of esters is 1. The van der Waals surface area contributed by atoms with Gasteiger partial charge in [0.15, 0.2) is 0 Å². The molecule has 1 heterocycles. The Hall–Kier alpha value is -1.93. The lowest BCUT2D eigenvalue weighted by atomic mass is 9.95. The Labute approximate surface area is 166 Å². The summed E-state index contributed by atoms with van der Waals surface area (Å²) in [5.41, 5.74) is 1.08. The van der Waals surface area contributed by atoms with E-state index in [4.69, 9.17) is 4.74 Å². The lowest BCUT2D eigenvalue weighted by Gasteiger charge is -2.30. The van der Waals surface area contributed by atoms with Gasteiger partial charge in [-0.3, -0.25) is 9.59 Å². The number of nitrogens with one attached hydrogen (secondary N) is 1. The van der Waals surface area contributed by atoms with Crippen LogP contribution in [0.2, 0.25) is 0 Å². The second-order valence-electron chi connectivity index (χ2n) is 7.44. The standard InChI is InChI=1S/C20H28N2O5S/c1-3-27-19(24)20(11-12-20)16-5-7-17(8-6-16)21-18(23)15-9-13-22(14-10-15)28(25,26)4-2/h5-8,15H,3-4,9-14H2,1-2H3,(H,21,23). The maximum absolute atomic E-state index is 12.5. The molecule has 2 fully saturated rings. The molecule has 1 aromatic carbocycles. The highest BCUT2D eigenvalue weighted by molar-refractivity contribution is 7.89. The van der Waals surface area contributed by atoms with E-state index in [-0.39, 0.29) is 23.5 Å². The molecule has 2 aliphatic rings. The second-order valence-corrected chi connectivity index (χ2v) is 9.70. The van der Waals surface area contributed by atoms with Crippen molar-refractivity contribution in [2.75, 3.05) is 30.8 Å². The van der Waals surface area contributed by atoms with Gasteiger partial charge in [0.05, 0.1) is 17.8 Å². The zero-order valence-corrected chi connectivity index (χ0v) is 17.3. The lowest BCUT2D eigenvalue weighted by Crippen LogP contribution is -2.42. The van der Waals surface area contributed by atoms with Crippen molar-refractivity contribution in [3.8, 4) is 0 Å². The van der Waals surface area contributed by atoms with Gasteiger partial charge in [-0.2, -0.15) is 0 Å². The first-order valence-corrected chi connectivity index (χ1v) is 11.5. The number of ether oxygens (including phenoxy) is 1. The number of hydrogen-bond acceptors (Lipinski definition) is 5. The smallest absolute Gasteiger partial charge is 0.316 e. The maximum Gasteiger partial charge on any atom is 0.316 e. The number of anilines is 1. The molecule has 1 amide bonds. The highest BCUT2D eigenvalue weighted by Gasteiger charge is 2.52. The van der Waals surface area contributed by atoms with Gasteiger partial charge < -0.3 is 10.1 Å². The lowest BCUT2D eigenvalue weighted by molar-refractivity contribution is -0.146. The van der Waals surface area contributed by atoms with Crippen LogP contribution in [0.25, 0.3) is 0 Å². The fourth-order valence-corrected chi connectivity index (χ4v) is 4.83. The van der Waals surface area contributed by atoms with E-state index in [1.807, 2.05) is 24.3 Å². The van der Waals surface area contributed by atoms with E-state index in [1.54, 1.807) is 13.8 Å². The van der Waals surface area contributed by atoms with Crippen LogP contribution in [0.4, 0.5) is 5.69 Å². The molecule has 1 aliphatic heterocycles. The van der Waals surface area contributed by atoms with Crippen LogP contribution in [0, 0.1) is 5.92 Å². The Morgan fingerprint density at radius 1 is 1.14 bits per heavy atom. The van der Waals surface area contributed by atoms with E-state index in [2.05, 4.69) is 5.32 Å². The molecule has 0 bridgehead atoms. The number of carbonyl (C=O) groups is 2. The Morgan fingerprint density at radius 2 is 1.75 bits per heavy atom. The van der Waals surface area contributed by atoms with Gasteiger partial charge in [-0.05, 0) is 57.2 Å². The molecule has 7 nitrogen and oxygen atoms in total. The molecule has 0 atom stereocenters. The monoisotopic (exact) mass is 408 g/mol. The third-order valence-corrected chi connectivity index (χ3v) is 7.59. The molecular formula is C20H28N2O5S. The summed E-state index contributed by atoms with van der Waals surface area (Å²) in [5, 5.41) is 2.91. The molecule has 0 spiro atoms. The normalized spacial score (nSPS) is 19.8. The van der Waals surface area contributed by atoms with Crippen LogP contribution in [0.15, 0.2) is 24.3 Å². The van der Waals surface area contributed by atoms with Crippen molar-refractivity contribution in [1.29, 1.82) is 0 Å². The number of hydrogen-bond donors (Lipinski definition) is 1. The predicted octanol–water partition coefficient (Wildman–Crippen LogP) is 2.28. The van der Waals surface area contributed by atoms with Gasteiger partial charge in [-0.1, -0.05) is 12.1 Å². The quantitative estimate of drug-likeness (QED) is 0.699. The van der Waals surface area contributed by atoms with Crippen LogP contribution >= 0.6 is 0 Å². The highest BCUT2D eigenvalue weighted by Crippen LogP contribution is 2.49. The van der Waals surface area contributed by atoms with Gasteiger partial charge in [0.25, 0.3) is 0 Å². The highest BCUT2D eigenvalue weighted by atomic mass is 32.2. The van der Waals surface area contributed by atoms with Crippen LogP contribution in [0.5, 0.6) is 0 Å². The van der Waals surface area contributed by atoms with Crippen molar-refractivity contribution in [1.82, 2.24) is 4.31 Å². The molecule has 1 saturated heterocycles. The molecule has 154 valence electrons. The molecule has 8 heteroatoms. The van der Waals surface area contributed by atoms with E-state index in [0.717, 1.165) is 18.4 Å². The average Bonchev–Trinajstić information content (AvgIpc) is 3.51. The number of piperidine rings is 1. The van der Waals surface area contributed by atoms with Crippen LogP contribution in [-0.2, 0) is 29.8 Å². The van der Waals surface area contributed by atoms with Crippen molar-refractivity contribution in [2.45, 2.75) is 44.9 Å². The number of benzene rings is 1. The summed E-state index contributed by atoms with van der Waals surface area (Å²) in [6.45, 7) is 4.57. The first-order chi connectivity index (χ1) is 13.3. The Balaban J connectivity index is 1.56. The summed E-state index contributed by atoms with van der Waals surface area (Å²) in [5.74, 6) is -0.380. The van der Waals surface area contributed by atoms with Crippen molar-refractivity contribution in [3.63, 3.8) is 0 Å². The zero-order chi connectivity index (χ0) is 20.4. The van der Waals surface area contributed by atoms with Gasteiger partial charge in [0.2, 0.25) is 15.9 Å². The third-order valence-electron chi connectivity index (χ3n) is 5.70. The zero-order valence-electron chi connectivity index (χ0n) is 16.4. The maximum atomic E-state index is 12.5. The van der Waals surface area contributed by atoms with E-state index in [0.29, 0.717) is 38.2 Å². The van der Waals surface area contributed by atoms with Crippen LogP contribution in [0.3, 0.4) is 0 Å². The summed E-state index contributed by atoms with van der Waals surface area (Å²) in [6.07, 6.45) is 2.62. The summed E-state index contributed by atoms with van der Waals surface area (Å²) >= 11 is 0. The van der Waals surface area contributed by atoms with Gasteiger partial charge in [0, 0.05) is 24.7 Å². The van der Waals surface area contributed by atoms with Crippen LogP contribution in [0.1, 0.15) is 45.1 Å². The molecule has 0 aromatic heterocycles. The van der Waals surface area contributed by atoms with Gasteiger partial charge in [-0.25, -0.2) is 12.7 Å². The number of nitrogens with zero attached hydrogens (tertiary/aromatic N) is 1. The van der Waals surface area contributed by atoms with Crippen LogP contribution in [-0.4, -0.2) is 50.0 Å². The fraction of sp³-hybridized carbons (Fsp3) is 0.600. The summed E-state index contributed by atoms with van der Waals surface area (Å²) in [6, 6.07) is 7.36. The second kappa shape index (κ2) is 8.21. The minimum atomic E-state index is -3.19.